The molecule has 0 heterocycles. The number of benzene rings is 2. The molecule has 0 aromatic heterocycles. The van der Waals surface area contributed by atoms with Gasteiger partial charge in [0.05, 0.1) is 36.1 Å². The summed E-state index contributed by atoms with van der Waals surface area (Å²) in [5, 5.41) is 6.68. The quantitative estimate of drug-likeness (QED) is 0.356. The molecule has 2 aromatic rings. The van der Waals surface area contributed by atoms with E-state index in [0.29, 0.717) is 10.6 Å². The van der Waals surface area contributed by atoms with Gasteiger partial charge in [-0.05, 0) is 42.8 Å². The first kappa shape index (κ1) is 24.2. The van der Waals surface area contributed by atoms with Crippen molar-refractivity contribution in [3.63, 3.8) is 0 Å². The largest absolute Gasteiger partial charge is 0.466 e. The summed E-state index contributed by atoms with van der Waals surface area (Å²) in [5.41, 5.74) is 1.87. The maximum atomic E-state index is 12.9. The van der Waals surface area contributed by atoms with Gasteiger partial charge in [0.15, 0.2) is 0 Å². The van der Waals surface area contributed by atoms with E-state index < -0.39 is 47.3 Å². The van der Waals surface area contributed by atoms with Gasteiger partial charge in [-0.3, -0.25) is 14.4 Å². The van der Waals surface area contributed by atoms with Crippen molar-refractivity contribution < 1.29 is 32.3 Å². The van der Waals surface area contributed by atoms with Gasteiger partial charge in [0.25, 0.3) is 0 Å². The lowest BCUT2D eigenvalue weighted by Crippen LogP contribution is -2.24. The van der Waals surface area contributed by atoms with Crippen LogP contribution in [0.1, 0.15) is 18.1 Å². The second-order valence-electron chi connectivity index (χ2n) is 7.18. The number of hydrogen-bond acceptors (Lipinski definition) is 5. The fourth-order valence-electron chi connectivity index (χ4n) is 3.29. The van der Waals surface area contributed by atoms with Crippen molar-refractivity contribution in [1.82, 2.24) is 5.43 Å². The Morgan fingerprint density at radius 1 is 1.06 bits per heavy atom. The Kier molecular flexibility index (Phi) is 7.37. The Hall–Kier alpha value is -3.40. The zero-order valence-electron chi connectivity index (χ0n) is 17.2. The van der Waals surface area contributed by atoms with Crippen LogP contribution >= 0.6 is 11.6 Å². The molecule has 1 fully saturated rings. The van der Waals surface area contributed by atoms with E-state index in [1.54, 1.807) is 31.2 Å². The first-order valence-electron chi connectivity index (χ1n) is 9.85. The third-order valence-electron chi connectivity index (χ3n) is 4.90. The van der Waals surface area contributed by atoms with Gasteiger partial charge < -0.3 is 10.1 Å². The van der Waals surface area contributed by atoms with Gasteiger partial charge in [-0.25, -0.2) is 5.43 Å². The van der Waals surface area contributed by atoms with Crippen LogP contribution in [0, 0.1) is 17.8 Å². The van der Waals surface area contributed by atoms with E-state index in [9.17, 15) is 27.6 Å². The molecule has 0 unspecified atom stereocenters. The number of ether oxygens (including phenoxy) is 1. The third-order valence-corrected chi connectivity index (χ3v) is 5.15. The van der Waals surface area contributed by atoms with Gasteiger partial charge >= 0.3 is 12.1 Å². The summed E-state index contributed by atoms with van der Waals surface area (Å²) in [6.07, 6.45) is -3.23. The highest BCUT2D eigenvalue weighted by molar-refractivity contribution is 6.30. The second kappa shape index (κ2) is 10.0. The highest BCUT2D eigenvalue weighted by atomic mass is 35.5. The molecule has 1 saturated carbocycles. The molecule has 2 N–H and O–H groups in total. The number of carbonyl (C=O) groups is 3. The van der Waals surface area contributed by atoms with Gasteiger partial charge in [-0.1, -0.05) is 29.8 Å². The number of amides is 2. The molecule has 11 heteroatoms. The number of carbonyl (C=O) groups excluding carboxylic acids is 3. The minimum atomic E-state index is -4.59. The average molecular weight is 482 g/mol. The number of alkyl halides is 3. The summed E-state index contributed by atoms with van der Waals surface area (Å²) in [7, 11) is 0. The molecule has 1 aliphatic rings. The predicted octanol–water partition coefficient (Wildman–Crippen LogP) is 3.87. The summed E-state index contributed by atoms with van der Waals surface area (Å²) in [6, 6.07) is 10.7. The Morgan fingerprint density at radius 3 is 2.36 bits per heavy atom. The van der Waals surface area contributed by atoms with Crippen molar-refractivity contribution >= 4 is 41.3 Å². The highest BCUT2D eigenvalue weighted by Crippen LogP contribution is 2.48. The molecule has 1 aliphatic carbocycles. The fourth-order valence-corrected chi connectivity index (χ4v) is 3.41. The molecule has 0 radical (unpaired) electrons. The Labute approximate surface area is 191 Å². The van der Waals surface area contributed by atoms with E-state index in [2.05, 4.69) is 15.8 Å². The van der Waals surface area contributed by atoms with Gasteiger partial charge in [-0.15, -0.1) is 0 Å². The van der Waals surface area contributed by atoms with Crippen LogP contribution in [0.4, 0.5) is 18.9 Å². The van der Waals surface area contributed by atoms with Crippen LogP contribution in [0.2, 0.25) is 5.02 Å². The van der Waals surface area contributed by atoms with Crippen LogP contribution in [0.3, 0.4) is 0 Å². The minimum absolute atomic E-state index is 0.0420. The van der Waals surface area contributed by atoms with Crippen LogP contribution in [0.15, 0.2) is 53.6 Å². The zero-order chi connectivity index (χ0) is 24.2. The molecule has 174 valence electrons. The summed E-state index contributed by atoms with van der Waals surface area (Å²) >= 11 is 5.80. The van der Waals surface area contributed by atoms with Crippen molar-refractivity contribution in [3.8, 4) is 0 Å². The molecule has 0 bridgehead atoms. The van der Waals surface area contributed by atoms with Crippen LogP contribution < -0.4 is 10.7 Å². The van der Waals surface area contributed by atoms with Crippen molar-refractivity contribution in [2.45, 2.75) is 13.1 Å². The monoisotopic (exact) mass is 481 g/mol. The number of halogens is 4. The molecule has 0 aliphatic heterocycles. The number of hydrogen-bond donors (Lipinski definition) is 2. The number of nitrogens with zero attached hydrogens (tertiary/aromatic N) is 1. The molecule has 3 rings (SSSR count). The van der Waals surface area contributed by atoms with Crippen LogP contribution in [-0.4, -0.2) is 30.6 Å². The van der Waals surface area contributed by atoms with E-state index in [1.807, 2.05) is 0 Å². The molecule has 2 amide bonds. The lowest BCUT2D eigenvalue weighted by atomic mass is 10.2. The van der Waals surface area contributed by atoms with Gasteiger partial charge in [0.1, 0.15) is 0 Å². The van der Waals surface area contributed by atoms with Crippen LogP contribution in [0.25, 0.3) is 0 Å². The maximum absolute atomic E-state index is 12.9. The lowest BCUT2D eigenvalue weighted by Gasteiger charge is -2.10. The Morgan fingerprint density at radius 2 is 1.73 bits per heavy atom. The lowest BCUT2D eigenvalue weighted by molar-refractivity contribution is -0.146. The van der Waals surface area contributed by atoms with E-state index in [1.165, 1.54) is 12.3 Å². The summed E-state index contributed by atoms with van der Waals surface area (Å²) in [4.78, 5) is 37.4. The fraction of sp³-hybridized carbons (Fsp3) is 0.273. The second-order valence-corrected chi connectivity index (χ2v) is 7.62. The smallest absolute Gasteiger partial charge is 0.416 e. The Balaban J connectivity index is 1.69. The number of anilines is 1. The third kappa shape index (κ3) is 6.10. The van der Waals surface area contributed by atoms with Crippen molar-refractivity contribution in [2.24, 2.45) is 22.9 Å². The predicted molar refractivity (Wildman–Crippen MR) is 114 cm³/mol. The van der Waals surface area contributed by atoms with E-state index >= 15 is 0 Å². The molecular weight excluding hydrogens is 463 g/mol. The average Bonchev–Trinajstić information content (AvgIpc) is 3.51. The first-order valence-corrected chi connectivity index (χ1v) is 10.2. The minimum Gasteiger partial charge on any atom is -0.466 e. The number of hydrazone groups is 1. The zero-order valence-corrected chi connectivity index (χ0v) is 18.0. The van der Waals surface area contributed by atoms with Crippen LogP contribution in [0.5, 0.6) is 0 Å². The SMILES string of the molecule is CCOC(=O)[C@@H]1[C@@H](C(=O)N/N=C\c2ccc(Cl)cc2)[C@@H]1C(=O)Nc1cccc(C(F)(F)F)c1. The number of rotatable bonds is 7. The van der Waals surface area contributed by atoms with Crippen molar-refractivity contribution in [3.05, 3.63) is 64.7 Å². The highest BCUT2D eigenvalue weighted by Gasteiger charge is 2.63. The molecule has 33 heavy (non-hydrogen) atoms. The molecule has 3 atom stereocenters. The van der Waals surface area contributed by atoms with E-state index in [4.69, 9.17) is 16.3 Å². The number of esters is 1. The van der Waals surface area contributed by atoms with E-state index in [0.717, 1.165) is 18.2 Å². The van der Waals surface area contributed by atoms with Gasteiger partial charge in [-0.2, -0.15) is 18.3 Å². The normalized spacial score (nSPS) is 19.7. The molecular formula is C22H19ClF3N3O4. The Bertz CT molecular complexity index is 1070. The van der Waals surface area contributed by atoms with Crippen molar-refractivity contribution in [2.75, 3.05) is 11.9 Å². The van der Waals surface area contributed by atoms with Gasteiger partial charge in [0.2, 0.25) is 11.8 Å². The topological polar surface area (TPSA) is 96.9 Å². The molecule has 0 saturated heterocycles. The molecule has 0 spiro atoms. The summed E-state index contributed by atoms with van der Waals surface area (Å²) < 4.78 is 43.7. The van der Waals surface area contributed by atoms with Crippen molar-refractivity contribution in [1.29, 1.82) is 0 Å². The first-order chi connectivity index (χ1) is 15.6. The van der Waals surface area contributed by atoms with Crippen LogP contribution in [-0.2, 0) is 25.3 Å². The molecule has 2 aromatic carbocycles. The van der Waals surface area contributed by atoms with Gasteiger partial charge in [0, 0.05) is 10.7 Å². The van der Waals surface area contributed by atoms with E-state index in [-0.39, 0.29) is 12.3 Å². The number of nitrogens with one attached hydrogen (secondary N) is 2. The molecule has 7 nitrogen and oxygen atoms in total. The maximum Gasteiger partial charge on any atom is 0.416 e. The summed E-state index contributed by atoms with van der Waals surface area (Å²) in [6.45, 7) is 1.61. The summed E-state index contributed by atoms with van der Waals surface area (Å²) in [5.74, 6) is -5.46. The standard InChI is InChI=1S/C22H19ClF3N3O4/c1-2-33-21(32)18-16(19(30)28-15-5-3-4-13(10-15)22(24,25)26)17(18)20(31)29-27-11-12-6-8-14(23)9-7-12/h3-11,16-18H,2H2,1H3,(H,28,30)(H,29,31)/b27-11-/t16-,17-,18-/m0/s1.